The summed E-state index contributed by atoms with van der Waals surface area (Å²) in [5.41, 5.74) is 18.2. The number of pyridine rings is 1. The van der Waals surface area contributed by atoms with Gasteiger partial charge in [-0.3, -0.25) is 0 Å². The molecule has 1 aliphatic rings. The first-order valence-corrected chi connectivity index (χ1v) is 18.5. The van der Waals surface area contributed by atoms with Crippen molar-refractivity contribution in [1.82, 2.24) is 9.97 Å². The van der Waals surface area contributed by atoms with E-state index in [1.807, 2.05) is 0 Å². The Labute approximate surface area is 307 Å². The Hall–Kier alpha value is -5.67. The third-order valence-electron chi connectivity index (χ3n) is 11.0. The lowest BCUT2D eigenvalue weighted by Crippen LogP contribution is -2.48. The molecule has 2 aromatic heterocycles. The van der Waals surface area contributed by atoms with E-state index in [9.17, 15) is 0 Å². The number of para-hydroxylation sites is 1. The fraction of sp³-hybridized carbons (Fsp3) is 0.163. The smallest absolute Gasteiger partial charge is 0.245 e. The quantitative estimate of drug-likeness (QED) is 0.186. The van der Waals surface area contributed by atoms with E-state index in [2.05, 4.69) is 192 Å². The van der Waals surface area contributed by atoms with E-state index in [0.29, 0.717) is 0 Å². The van der Waals surface area contributed by atoms with Gasteiger partial charge >= 0.3 is 0 Å². The number of hydrogen-bond acceptors (Lipinski definition) is 1. The summed E-state index contributed by atoms with van der Waals surface area (Å²) in [7, 11) is 0. The van der Waals surface area contributed by atoms with E-state index in [1.165, 1.54) is 66.1 Å². The summed E-state index contributed by atoms with van der Waals surface area (Å²) >= 11 is 0. The topological polar surface area (TPSA) is 28.7 Å². The molecule has 2 nitrogen and oxygen atoms in total. The highest BCUT2D eigenvalue weighted by molar-refractivity contribution is 6.99. The number of nitrogens with one attached hydrogen (secondary N) is 1. The maximum atomic E-state index is 5.60. The van der Waals surface area contributed by atoms with Gasteiger partial charge in [0.25, 0.3) is 0 Å². The molecule has 8 aromatic rings. The van der Waals surface area contributed by atoms with E-state index in [-0.39, 0.29) is 17.5 Å². The summed E-state index contributed by atoms with van der Waals surface area (Å²) in [4.78, 5) is 9.41. The molecule has 9 rings (SSSR count). The number of hydrogen-bond donors (Lipinski definition) is 1. The SMILES string of the molecule is CC(C)(C)c1ccc(-c2cc(-c3ccc(C(C)(C)C)cc3)cc(-c3ccc4c(n3)-c3c(ccc5c3[nH]c3ccccc35)B4c3ccccc3)c2)cc1. The summed E-state index contributed by atoms with van der Waals surface area (Å²) in [6, 6.07) is 53.9. The van der Waals surface area contributed by atoms with Crippen molar-refractivity contribution >= 4 is 44.9 Å². The number of benzene rings is 6. The summed E-state index contributed by atoms with van der Waals surface area (Å²) < 4.78 is 0. The van der Waals surface area contributed by atoms with Crippen molar-refractivity contribution in [2.75, 3.05) is 0 Å². The van der Waals surface area contributed by atoms with Gasteiger partial charge in [-0.05, 0) is 80.0 Å². The Bertz CT molecular complexity index is 2540. The Morgan fingerprint density at radius 2 is 1.04 bits per heavy atom. The number of aromatic amines is 1. The molecule has 0 atom stereocenters. The fourth-order valence-electron chi connectivity index (χ4n) is 8.10. The number of aromatic nitrogens is 2. The molecule has 0 amide bonds. The van der Waals surface area contributed by atoms with Crippen LogP contribution < -0.4 is 16.4 Å². The molecule has 1 aliphatic heterocycles. The minimum absolute atomic E-state index is 0.0962. The maximum absolute atomic E-state index is 5.60. The van der Waals surface area contributed by atoms with Crippen LogP contribution in [0.4, 0.5) is 0 Å². The summed E-state index contributed by atoms with van der Waals surface area (Å²) in [5.74, 6) is 0. The summed E-state index contributed by atoms with van der Waals surface area (Å²) in [6.45, 7) is 13.7. The summed E-state index contributed by atoms with van der Waals surface area (Å²) in [6.07, 6.45) is 0. The van der Waals surface area contributed by atoms with Crippen LogP contribution in [0.1, 0.15) is 52.7 Å². The van der Waals surface area contributed by atoms with Crippen molar-refractivity contribution < 1.29 is 0 Å². The largest absolute Gasteiger partial charge is 0.354 e. The van der Waals surface area contributed by atoms with Gasteiger partial charge in [0, 0.05) is 27.4 Å². The zero-order valence-corrected chi connectivity index (χ0v) is 30.9. The lowest BCUT2D eigenvalue weighted by molar-refractivity contribution is 0.590. The average molecular weight is 671 g/mol. The molecule has 252 valence electrons. The third-order valence-corrected chi connectivity index (χ3v) is 11.0. The first kappa shape index (κ1) is 32.3. The second-order valence-electron chi connectivity index (χ2n) is 16.6. The van der Waals surface area contributed by atoms with Gasteiger partial charge in [-0.1, -0.05) is 168 Å². The molecule has 6 aromatic carbocycles. The Balaban J connectivity index is 1.24. The Morgan fingerprint density at radius 1 is 0.481 bits per heavy atom. The molecular formula is C49H43BN2. The minimum atomic E-state index is 0.0962. The van der Waals surface area contributed by atoms with E-state index in [0.717, 1.165) is 28.0 Å². The van der Waals surface area contributed by atoms with Gasteiger partial charge in [0.05, 0.1) is 16.9 Å². The van der Waals surface area contributed by atoms with Crippen LogP contribution in [0.2, 0.25) is 0 Å². The van der Waals surface area contributed by atoms with E-state index in [1.54, 1.807) is 0 Å². The predicted molar refractivity (Wildman–Crippen MR) is 224 cm³/mol. The molecule has 0 saturated heterocycles. The van der Waals surface area contributed by atoms with Crippen molar-refractivity contribution in [2.24, 2.45) is 0 Å². The van der Waals surface area contributed by atoms with Crippen LogP contribution in [-0.4, -0.2) is 16.7 Å². The number of fused-ring (bicyclic) bond motifs is 7. The van der Waals surface area contributed by atoms with Crippen molar-refractivity contribution in [3.8, 4) is 44.8 Å². The van der Waals surface area contributed by atoms with Gasteiger partial charge in [-0.25, -0.2) is 4.98 Å². The number of rotatable bonds is 4. The van der Waals surface area contributed by atoms with Gasteiger partial charge < -0.3 is 4.98 Å². The van der Waals surface area contributed by atoms with Crippen molar-refractivity contribution in [3.05, 3.63) is 157 Å². The Kier molecular flexibility index (Phi) is 7.42. The van der Waals surface area contributed by atoms with E-state index in [4.69, 9.17) is 4.98 Å². The highest BCUT2D eigenvalue weighted by atomic mass is 14.8. The van der Waals surface area contributed by atoms with Crippen LogP contribution in [-0.2, 0) is 10.8 Å². The standard InChI is InChI=1S/C49H43BN2/c1-48(2,3)36-20-16-31(17-21-36)33-28-34(32-18-22-37(23-19-32)49(4,5)6)30-35(29-33)43-27-26-42-47(51-43)45-41(50(42)38-12-8-7-9-13-38)25-24-40-39-14-10-11-15-44(39)52-46(40)45/h7-30,52H,1-6H3. The molecule has 0 unspecified atom stereocenters. The van der Waals surface area contributed by atoms with Crippen molar-refractivity contribution in [2.45, 2.75) is 52.4 Å². The normalized spacial score (nSPS) is 12.8. The minimum Gasteiger partial charge on any atom is -0.354 e. The van der Waals surface area contributed by atoms with Crippen LogP contribution in [0.25, 0.3) is 66.6 Å². The van der Waals surface area contributed by atoms with E-state index < -0.39 is 0 Å². The number of H-pyrrole nitrogens is 1. The van der Waals surface area contributed by atoms with Gasteiger partial charge in [0.2, 0.25) is 6.71 Å². The van der Waals surface area contributed by atoms with Crippen LogP contribution in [0.5, 0.6) is 0 Å². The third kappa shape index (κ3) is 5.47. The molecule has 0 spiro atoms. The molecule has 3 heteroatoms. The van der Waals surface area contributed by atoms with Gasteiger partial charge in [-0.15, -0.1) is 0 Å². The maximum Gasteiger partial charge on any atom is 0.245 e. The van der Waals surface area contributed by atoms with Crippen LogP contribution in [0.3, 0.4) is 0 Å². The lowest BCUT2D eigenvalue weighted by Gasteiger charge is -2.20. The van der Waals surface area contributed by atoms with Crippen LogP contribution in [0.15, 0.2) is 146 Å². The van der Waals surface area contributed by atoms with Gasteiger partial charge in [0.1, 0.15) is 0 Å². The monoisotopic (exact) mass is 670 g/mol. The molecule has 3 heterocycles. The molecule has 52 heavy (non-hydrogen) atoms. The first-order valence-electron chi connectivity index (χ1n) is 18.5. The number of nitrogens with zero attached hydrogens (tertiary/aromatic N) is 1. The fourth-order valence-corrected chi connectivity index (χ4v) is 8.10. The highest BCUT2D eigenvalue weighted by Crippen LogP contribution is 2.38. The molecular weight excluding hydrogens is 627 g/mol. The molecule has 0 bridgehead atoms. The van der Waals surface area contributed by atoms with Crippen molar-refractivity contribution in [1.29, 1.82) is 0 Å². The first-order chi connectivity index (χ1) is 25.0. The molecule has 0 fully saturated rings. The van der Waals surface area contributed by atoms with Gasteiger partial charge in [0.15, 0.2) is 0 Å². The Morgan fingerprint density at radius 3 is 1.65 bits per heavy atom. The zero-order chi connectivity index (χ0) is 35.8. The second-order valence-corrected chi connectivity index (χ2v) is 16.6. The van der Waals surface area contributed by atoms with Crippen LogP contribution in [0, 0.1) is 0 Å². The van der Waals surface area contributed by atoms with Gasteiger partial charge in [-0.2, -0.15) is 0 Å². The van der Waals surface area contributed by atoms with E-state index >= 15 is 0 Å². The average Bonchev–Trinajstić information content (AvgIpc) is 3.70. The summed E-state index contributed by atoms with van der Waals surface area (Å²) in [5, 5.41) is 2.48. The van der Waals surface area contributed by atoms with Crippen LogP contribution >= 0.6 is 0 Å². The lowest BCUT2D eigenvalue weighted by atomic mass is 9.39. The van der Waals surface area contributed by atoms with Crippen molar-refractivity contribution in [3.63, 3.8) is 0 Å². The molecule has 0 radical (unpaired) electrons. The second kappa shape index (κ2) is 12.0. The molecule has 1 N–H and O–H groups in total. The zero-order valence-electron chi connectivity index (χ0n) is 30.9. The molecule has 0 aliphatic carbocycles. The molecule has 0 saturated carbocycles. The highest BCUT2D eigenvalue weighted by Gasteiger charge is 2.36. The predicted octanol–water partition coefficient (Wildman–Crippen LogP) is 10.8.